The molecule has 2 N–H and O–H groups in total. The lowest BCUT2D eigenvalue weighted by Crippen LogP contribution is -2.51. The van der Waals surface area contributed by atoms with Gasteiger partial charge in [-0.15, -0.1) is 0 Å². The van der Waals surface area contributed by atoms with Gasteiger partial charge in [0, 0.05) is 23.7 Å². The Labute approximate surface area is 108 Å². The lowest BCUT2D eigenvalue weighted by Gasteiger charge is -2.17. The van der Waals surface area contributed by atoms with Gasteiger partial charge in [-0.2, -0.15) is 11.8 Å². The molecule has 5 nitrogen and oxygen atoms in total. The number of amides is 2. The molecule has 94 valence electrons. The SMILES string of the molecule is O=C1CCSC[C@H](C(=O)N[C@@H]2CCSC2=O)N1. The maximum atomic E-state index is 11.9. The minimum atomic E-state index is -0.506. The van der Waals surface area contributed by atoms with Crippen molar-refractivity contribution >= 4 is 40.5 Å². The van der Waals surface area contributed by atoms with Crippen LogP contribution in [0.2, 0.25) is 0 Å². The van der Waals surface area contributed by atoms with Crippen LogP contribution in [0.5, 0.6) is 0 Å². The molecule has 2 amide bonds. The monoisotopic (exact) mass is 274 g/mol. The highest BCUT2D eigenvalue weighted by Crippen LogP contribution is 2.19. The Kier molecular flexibility index (Phi) is 4.33. The van der Waals surface area contributed by atoms with E-state index in [-0.39, 0.29) is 23.0 Å². The molecule has 0 aliphatic carbocycles. The largest absolute Gasteiger partial charge is 0.344 e. The van der Waals surface area contributed by atoms with Crippen LogP contribution in [0.4, 0.5) is 0 Å². The molecule has 2 aliphatic rings. The number of hydrogen-bond donors (Lipinski definition) is 2. The van der Waals surface area contributed by atoms with Crippen LogP contribution < -0.4 is 10.6 Å². The zero-order chi connectivity index (χ0) is 12.3. The van der Waals surface area contributed by atoms with Gasteiger partial charge in [0.15, 0.2) is 0 Å². The van der Waals surface area contributed by atoms with Gasteiger partial charge >= 0.3 is 0 Å². The molecular weight excluding hydrogens is 260 g/mol. The molecular formula is C10H14N2O3S2. The second-order valence-electron chi connectivity index (χ2n) is 3.96. The number of rotatable bonds is 2. The summed E-state index contributed by atoms with van der Waals surface area (Å²) in [6.45, 7) is 0. The van der Waals surface area contributed by atoms with Gasteiger partial charge in [0.1, 0.15) is 6.04 Å². The molecule has 7 heteroatoms. The molecule has 0 aromatic carbocycles. The van der Waals surface area contributed by atoms with Gasteiger partial charge in [-0.3, -0.25) is 14.4 Å². The Morgan fingerprint density at radius 2 is 2.18 bits per heavy atom. The molecule has 0 spiro atoms. The molecule has 0 aromatic heterocycles. The van der Waals surface area contributed by atoms with E-state index in [9.17, 15) is 14.4 Å². The fourth-order valence-electron chi connectivity index (χ4n) is 1.71. The summed E-state index contributed by atoms with van der Waals surface area (Å²) in [4.78, 5) is 34.6. The van der Waals surface area contributed by atoms with Gasteiger partial charge in [0.05, 0.1) is 6.04 Å². The van der Waals surface area contributed by atoms with Crippen molar-refractivity contribution in [2.75, 3.05) is 17.3 Å². The smallest absolute Gasteiger partial charge is 0.244 e. The topological polar surface area (TPSA) is 75.3 Å². The number of nitrogens with one attached hydrogen (secondary N) is 2. The van der Waals surface area contributed by atoms with Crippen molar-refractivity contribution in [2.24, 2.45) is 0 Å². The Hall–Kier alpha value is -0.690. The van der Waals surface area contributed by atoms with Gasteiger partial charge in [0.2, 0.25) is 16.9 Å². The molecule has 0 unspecified atom stereocenters. The van der Waals surface area contributed by atoms with Gasteiger partial charge in [0.25, 0.3) is 0 Å². The van der Waals surface area contributed by atoms with E-state index in [1.807, 2.05) is 0 Å². The fourth-order valence-corrected chi connectivity index (χ4v) is 3.61. The summed E-state index contributed by atoms with van der Waals surface area (Å²) in [6.07, 6.45) is 1.13. The quantitative estimate of drug-likeness (QED) is 0.727. The van der Waals surface area contributed by atoms with Gasteiger partial charge in [-0.25, -0.2) is 0 Å². The molecule has 0 radical (unpaired) electrons. The molecule has 0 saturated carbocycles. The molecule has 0 aromatic rings. The van der Waals surface area contributed by atoms with Crippen molar-refractivity contribution in [3.63, 3.8) is 0 Å². The van der Waals surface area contributed by atoms with Crippen LogP contribution in [-0.4, -0.2) is 46.3 Å². The van der Waals surface area contributed by atoms with E-state index in [0.29, 0.717) is 18.6 Å². The number of thioether (sulfide) groups is 2. The van der Waals surface area contributed by atoms with Crippen LogP contribution in [0, 0.1) is 0 Å². The van der Waals surface area contributed by atoms with Crippen LogP contribution in [0.3, 0.4) is 0 Å². The van der Waals surface area contributed by atoms with Gasteiger partial charge in [-0.1, -0.05) is 11.8 Å². The van der Waals surface area contributed by atoms with Crippen molar-refractivity contribution in [1.82, 2.24) is 10.6 Å². The third-order valence-electron chi connectivity index (χ3n) is 2.66. The predicted molar refractivity (Wildman–Crippen MR) is 67.9 cm³/mol. The first-order chi connectivity index (χ1) is 8.16. The van der Waals surface area contributed by atoms with Crippen molar-refractivity contribution in [2.45, 2.75) is 24.9 Å². The first kappa shape index (κ1) is 12.8. The zero-order valence-electron chi connectivity index (χ0n) is 9.23. The van der Waals surface area contributed by atoms with Crippen molar-refractivity contribution < 1.29 is 14.4 Å². The number of carbonyl (C=O) groups is 3. The maximum Gasteiger partial charge on any atom is 0.244 e. The number of hydrogen-bond acceptors (Lipinski definition) is 5. The molecule has 2 heterocycles. The molecule has 2 fully saturated rings. The first-order valence-electron chi connectivity index (χ1n) is 5.51. The van der Waals surface area contributed by atoms with E-state index < -0.39 is 6.04 Å². The van der Waals surface area contributed by atoms with Gasteiger partial charge in [-0.05, 0) is 6.42 Å². The average Bonchev–Trinajstić information content (AvgIpc) is 2.57. The molecule has 2 rings (SSSR count). The Balaban J connectivity index is 1.89. The van der Waals surface area contributed by atoms with E-state index in [2.05, 4.69) is 10.6 Å². The van der Waals surface area contributed by atoms with Crippen molar-refractivity contribution in [3.05, 3.63) is 0 Å². The van der Waals surface area contributed by atoms with E-state index in [4.69, 9.17) is 0 Å². The Bertz CT molecular complexity index is 348. The zero-order valence-corrected chi connectivity index (χ0v) is 10.9. The molecule has 2 aliphatic heterocycles. The summed E-state index contributed by atoms with van der Waals surface area (Å²) in [5.41, 5.74) is 0. The van der Waals surface area contributed by atoms with Crippen molar-refractivity contribution in [1.29, 1.82) is 0 Å². The maximum absolute atomic E-state index is 11.9. The molecule has 2 atom stereocenters. The van der Waals surface area contributed by atoms with Gasteiger partial charge < -0.3 is 10.6 Å². The van der Waals surface area contributed by atoms with E-state index >= 15 is 0 Å². The van der Waals surface area contributed by atoms with E-state index in [1.54, 1.807) is 11.8 Å². The van der Waals surface area contributed by atoms with Crippen LogP contribution in [0.15, 0.2) is 0 Å². The summed E-state index contributed by atoms with van der Waals surface area (Å²) in [5, 5.41) is 5.41. The molecule has 2 saturated heterocycles. The standard InChI is InChI=1S/C10H14N2O3S2/c13-8-2-3-16-5-7(11-8)9(14)12-6-1-4-17-10(6)15/h6-7H,1-5H2,(H,11,13)(H,12,14)/t6-,7-/m1/s1. The lowest BCUT2D eigenvalue weighted by molar-refractivity contribution is -0.129. The third-order valence-corrected chi connectivity index (χ3v) is 4.73. The highest BCUT2D eigenvalue weighted by molar-refractivity contribution is 8.14. The minimum absolute atomic E-state index is 0.0194. The van der Waals surface area contributed by atoms with Crippen LogP contribution in [0.25, 0.3) is 0 Å². The van der Waals surface area contributed by atoms with E-state index in [1.165, 1.54) is 11.8 Å². The fraction of sp³-hybridized carbons (Fsp3) is 0.700. The first-order valence-corrected chi connectivity index (χ1v) is 7.65. The third kappa shape index (κ3) is 3.38. The Morgan fingerprint density at radius 3 is 2.88 bits per heavy atom. The normalized spacial score (nSPS) is 29.6. The van der Waals surface area contributed by atoms with E-state index in [0.717, 1.165) is 11.5 Å². The highest BCUT2D eigenvalue weighted by Gasteiger charge is 2.30. The highest BCUT2D eigenvalue weighted by atomic mass is 32.2. The predicted octanol–water partition coefficient (Wildman–Crippen LogP) is -0.244. The summed E-state index contributed by atoms with van der Waals surface area (Å²) in [5.74, 6) is 1.74. The summed E-state index contributed by atoms with van der Waals surface area (Å²) in [6, 6.07) is -0.883. The molecule has 17 heavy (non-hydrogen) atoms. The lowest BCUT2D eigenvalue weighted by atomic mass is 10.2. The van der Waals surface area contributed by atoms with Crippen molar-refractivity contribution in [3.8, 4) is 0 Å². The number of carbonyl (C=O) groups excluding carboxylic acids is 3. The minimum Gasteiger partial charge on any atom is -0.344 e. The second kappa shape index (κ2) is 5.77. The summed E-state index contributed by atoms with van der Waals surface area (Å²) >= 11 is 2.83. The molecule has 0 bridgehead atoms. The van der Waals surface area contributed by atoms with Crippen LogP contribution >= 0.6 is 23.5 Å². The summed E-state index contributed by atoms with van der Waals surface area (Å²) in [7, 11) is 0. The second-order valence-corrected chi connectivity index (χ2v) is 6.21. The average molecular weight is 274 g/mol. The summed E-state index contributed by atoms with van der Waals surface area (Å²) < 4.78 is 0. The van der Waals surface area contributed by atoms with Crippen LogP contribution in [0.1, 0.15) is 12.8 Å². The van der Waals surface area contributed by atoms with Crippen LogP contribution in [-0.2, 0) is 14.4 Å². The Morgan fingerprint density at radius 1 is 1.35 bits per heavy atom.